The molecule has 4 nitrogen and oxygen atoms in total. The Morgan fingerprint density at radius 1 is 0.722 bits per heavy atom. The lowest BCUT2D eigenvalue weighted by atomic mass is 10.1. The molecule has 0 aliphatic heterocycles. The number of aliphatic hydroxyl groups is 4. The van der Waals surface area contributed by atoms with E-state index in [0.29, 0.717) is 13.2 Å². The minimum atomic E-state index is -0.489. The van der Waals surface area contributed by atoms with E-state index in [1.165, 1.54) is 0 Å². The average molecular weight is 264 g/mol. The smallest absolute Gasteiger partial charge is 0.0770 e. The molecule has 1 atom stereocenters. The molecule has 0 aliphatic rings. The summed E-state index contributed by atoms with van der Waals surface area (Å²) in [4.78, 5) is 0. The molecule has 0 spiro atoms. The standard InChI is InChI=1S/2C7H16O2/c1-2-3-4-5-7(9)6-8;8-6-4-2-1-3-5-7-9/h7-9H,2-6H2,1H3;8-9H,1-7H2. The minimum absolute atomic E-state index is 0.0935. The number of rotatable bonds is 11. The van der Waals surface area contributed by atoms with E-state index in [1.54, 1.807) is 0 Å². The van der Waals surface area contributed by atoms with Crippen LogP contribution in [0.5, 0.6) is 0 Å². The molecule has 18 heavy (non-hydrogen) atoms. The summed E-state index contributed by atoms with van der Waals surface area (Å²) < 4.78 is 0. The maximum Gasteiger partial charge on any atom is 0.0770 e. The molecule has 0 amide bonds. The third-order valence-corrected chi connectivity index (χ3v) is 2.67. The molecule has 0 aromatic heterocycles. The van der Waals surface area contributed by atoms with Gasteiger partial charge in [-0.3, -0.25) is 0 Å². The summed E-state index contributed by atoms with van der Waals surface area (Å²) in [6.45, 7) is 2.63. The van der Waals surface area contributed by atoms with Crippen molar-refractivity contribution < 1.29 is 20.4 Å². The Hall–Kier alpha value is -0.160. The van der Waals surface area contributed by atoms with Crippen LogP contribution in [-0.4, -0.2) is 46.4 Å². The maximum atomic E-state index is 8.83. The predicted octanol–water partition coefficient (Wildman–Crippen LogP) is 1.84. The molecule has 0 radical (unpaired) electrons. The van der Waals surface area contributed by atoms with Crippen molar-refractivity contribution in [1.29, 1.82) is 0 Å². The largest absolute Gasteiger partial charge is 0.396 e. The fourth-order valence-corrected chi connectivity index (χ4v) is 1.48. The lowest BCUT2D eigenvalue weighted by molar-refractivity contribution is 0.0861. The highest BCUT2D eigenvalue weighted by atomic mass is 16.3. The zero-order chi connectivity index (χ0) is 14.1. The lowest BCUT2D eigenvalue weighted by Crippen LogP contribution is -2.10. The molecule has 0 heterocycles. The first-order valence-corrected chi connectivity index (χ1v) is 7.23. The van der Waals surface area contributed by atoms with Crippen LogP contribution in [0.2, 0.25) is 0 Å². The minimum Gasteiger partial charge on any atom is -0.396 e. The molecule has 0 aromatic rings. The number of hydrogen-bond donors (Lipinski definition) is 4. The molecule has 4 N–H and O–H groups in total. The van der Waals surface area contributed by atoms with E-state index in [4.69, 9.17) is 20.4 Å². The Kier molecular flexibility index (Phi) is 21.5. The van der Waals surface area contributed by atoms with E-state index in [-0.39, 0.29) is 6.61 Å². The van der Waals surface area contributed by atoms with Gasteiger partial charge >= 0.3 is 0 Å². The second-order valence-corrected chi connectivity index (χ2v) is 4.55. The van der Waals surface area contributed by atoms with Crippen molar-refractivity contribution >= 4 is 0 Å². The van der Waals surface area contributed by atoms with E-state index in [2.05, 4.69) is 6.92 Å². The first-order chi connectivity index (χ1) is 8.72. The first kappa shape index (κ1) is 20.2. The van der Waals surface area contributed by atoms with Crippen LogP contribution in [0, 0.1) is 0 Å². The Labute approximate surface area is 112 Å². The Balaban J connectivity index is 0. The van der Waals surface area contributed by atoms with Crippen molar-refractivity contribution in [3.63, 3.8) is 0 Å². The number of hydrogen-bond acceptors (Lipinski definition) is 4. The van der Waals surface area contributed by atoms with Gasteiger partial charge in [0.1, 0.15) is 0 Å². The zero-order valence-electron chi connectivity index (χ0n) is 11.9. The van der Waals surface area contributed by atoms with Gasteiger partial charge in [-0.2, -0.15) is 0 Å². The summed E-state index contributed by atoms with van der Waals surface area (Å²) in [5, 5.41) is 34.0. The summed E-state index contributed by atoms with van der Waals surface area (Å²) in [5.74, 6) is 0. The molecule has 4 heteroatoms. The SMILES string of the molecule is CCCCCC(O)CO.OCCCCCCCO. The van der Waals surface area contributed by atoms with Crippen molar-refractivity contribution in [3.05, 3.63) is 0 Å². The third-order valence-electron chi connectivity index (χ3n) is 2.67. The molecule has 0 fully saturated rings. The highest BCUT2D eigenvalue weighted by Crippen LogP contribution is 2.02. The van der Waals surface area contributed by atoms with Crippen LogP contribution in [0.1, 0.15) is 64.7 Å². The van der Waals surface area contributed by atoms with Crippen LogP contribution in [0.25, 0.3) is 0 Å². The first-order valence-electron chi connectivity index (χ1n) is 7.23. The van der Waals surface area contributed by atoms with Gasteiger partial charge in [0.25, 0.3) is 0 Å². The fourth-order valence-electron chi connectivity index (χ4n) is 1.48. The molecule has 0 saturated carbocycles. The molecule has 0 aliphatic carbocycles. The Bertz CT molecular complexity index is 125. The molecule has 0 aromatic carbocycles. The molecular formula is C14H32O4. The van der Waals surface area contributed by atoms with Crippen LogP contribution in [-0.2, 0) is 0 Å². The molecule has 0 rings (SSSR count). The molecule has 1 unspecified atom stereocenters. The van der Waals surface area contributed by atoms with E-state index < -0.39 is 6.10 Å². The highest BCUT2D eigenvalue weighted by molar-refractivity contribution is 4.51. The third kappa shape index (κ3) is 21.2. The molecule has 0 bridgehead atoms. The van der Waals surface area contributed by atoms with E-state index >= 15 is 0 Å². The summed E-state index contributed by atoms with van der Waals surface area (Å²) in [5.41, 5.74) is 0. The second kappa shape index (κ2) is 19.2. The van der Waals surface area contributed by atoms with Crippen molar-refractivity contribution in [2.24, 2.45) is 0 Å². The van der Waals surface area contributed by atoms with E-state index in [0.717, 1.165) is 57.8 Å². The normalized spacial score (nSPS) is 11.8. The monoisotopic (exact) mass is 264 g/mol. The number of aliphatic hydroxyl groups excluding tert-OH is 4. The molecular weight excluding hydrogens is 232 g/mol. The van der Waals surface area contributed by atoms with Crippen molar-refractivity contribution in [2.75, 3.05) is 19.8 Å². The lowest BCUT2D eigenvalue weighted by Gasteiger charge is -2.04. The van der Waals surface area contributed by atoms with Gasteiger partial charge in [-0.1, -0.05) is 45.4 Å². The van der Waals surface area contributed by atoms with Crippen molar-refractivity contribution in [3.8, 4) is 0 Å². The fraction of sp³-hybridized carbons (Fsp3) is 1.00. The summed E-state index contributed by atoms with van der Waals surface area (Å²) in [7, 11) is 0. The second-order valence-electron chi connectivity index (χ2n) is 4.55. The van der Waals surface area contributed by atoms with Gasteiger partial charge in [0.05, 0.1) is 12.7 Å². The van der Waals surface area contributed by atoms with Crippen LogP contribution in [0.3, 0.4) is 0 Å². The number of unbranched alkanes of at least 4 members (excludes halogenated alkanes) is 6. The van der Waals surface area contributed by atoms with Crippen LogP contribution in [0.4, 0.5) is 0 Å². The van der Waals surface area contributed by atoms with Crippen molar-refractivity contribution in [2.45, 2.75) is 70.8 Å². The topological polar surface area (TPSA) is 80.9 Å². The quantitative estimate of drug-likeness (QED) is 0.429. The maximum absolute atomic E-state index is 8.83. The average Bonchev–Trinajstić information content (AvgIpc) is 2.39. The van der Waals surface area contributed by atoms with Crippen LogP contribution >= 0.6 is 0 Å². The Morgan fingerprint density at radius 3 is 1.61 bits per heavy atom. The van der Waals surface area contributed by atoms with Gasteiger partial charge in [0.15, 0.2) is 0 Å². The van der Waals surface area contributed by atoms with E-state index in [9.17, 15) is 0 Å². The summed E-state index contributed by atoms with van der Waals surface area (Å²) in [6.07, 6.45) is 8.74. The van der Waals surface area contributed by atoms with E-state index in [1.807, 2.05) is 0 Å². The zero-order valence-corrected chi connectivity index (χ0v) is 11.9. The van der Waals surface area contributed by atoms with Gasteiger partial charge in [-0.15, -0.1) is 0 Å². The predicted molar refractivity (Wildman–Crippen MR) is 74.5 cm³/mol. The summed E-state index contributed by atoms with van der Waals surface area (Å²) >= 11 is 0. The Morgan fingerprint density at radius 2 is 1.22 bits per heavy atom. The van der Waals surface area contributed by atoms with Gasteiger partial charge in [-0.25, -0.2) is 0 Å². The van der Waals surface area contributed by atoms with Gasteiger partial charge in [-0.05, 0) is 19.3 Å². The molecule has 0 saturated heterocycles. The van der Waals surface area contributed by atoms with Crippen LogP contribution < -0.4 is 0 Å². The van der Waals surface area contributed by atoms with Gasteiger partial charge in [0, 0.05) is 13.2 Å². The van der Waals surface area contributed by atoms with Gasteiger partial charge < -0.3 is 20.4 Å². The summed E-state index contributed by atoms with van der Waals surface area (Å²) in [6, 6.07) is 0. The highest BCUT2D eigenvalue weighted by Gasteiger charge is 1.98. The van der Waals surface area contributed by atoms with Gasteiger partial charge in [0.2, 0.25) is 0 Å². The van der Waals surface area contributed by atoms with Crippen molar-refractivity contribution in [1.82, 2.24) is 0 Å². The molecule has 112 valence electrons. The van der Waals surface area contributed by atoms with Crippen LogP contribution in [0.15, 0.2) is 0 Å².